The summed E-state index contributed by atoms with van der Waals surface area (Å²) in [5, 5.41) is 19.6. The topological polar surface area (TPSA) is 88.4 Å². The first kappa shape index (κ1) is 21.5. The molecule has 2 N–H and O–H groups in total. The molecule has 4 aromatic rings. The first-order valence-corrected chi connectivity index (χ1v) is 10.3. The van der Waals surface area contributed by atoms with E-state index in [2.05, 4.69) is 12.1 Å². The van der Waals surface area contributed by atoms with E-state index in [0.717, 1.165) is 33.4 Å². The van der Waals surface area contributed by atoms with Crippen LogP contribution in [0.2, 0.25) is 0 Å². The number of nitrogens with zero attached hydrogens (tertiary/aromatic N) is 3. The lowest BCUT2D eigenvalue weighted by Gasteiger charge is -2.13. The highest BCUT2D eigenvalue weighted by Gasteiger charge is 2.17. The van der Waals surface area contributed by atoms with Gasteiger partial charge in [-0.15, -0.1) is 0 Å². The highest BCUT2D eigenvalue weighted by Crippen LogP contribution is 2.33. The molecule has 3 aromatic carbocycles. The molecule has 4 rings (SSSR count). The normalized spacial score (nSPS) is 10.9. The van der Waals surface area contributed by atoms with Crippen molar-refractivity contribution >= 4 is 0 Å². The molecule has 6 nitrogen and oxygen atoms in total. The average Bonchev–Trinajstić information content (AvgIpc) is 2.74. The molecule has 0 atom stereocenters. The van der Waals surface area contributed by atoms with Gasteiger partial charge in [0.25, 0.3) is 0 Å². The summed E-state index contributed by atoms with van der Waals surface area (Å²) in [5.41, 5.74) is 6.71. The second-order valence-corrected chi connectivity index (χ2v) is 7.90. The molecule has 0 radical (unpaired) electrons. The van der Waals surface area contributed by atoms with E-state index in [1.165, 1.54) is 6.07 Å². The number of phenolic OH excluding ortho intramolecular Hbond substituents is 1. The number of aryl methyl sites for hydroxylation is 4. The third kappa shape index (κ3) is 4.31. The second-order valence-electron chi connectivity index (χ2n) is 7.90. The molecule has 6 heteroatoms. The van der Waals surface area contributed by atoms with E-state index in [0.29, 0.717) is 28.8 Å². The maximum atomic E-state index is 10.6. The second kappa shape index (κ2) is 8.77. The van der Waals surface area contributed by atoms with Crippen molar-refractivity contribution in [1.82, 2.24) is 15.0 Å². The van der Waals surface area contributed by atoms with E-state index in [4.69, 9.17) is 24.8 Å². The van der Waals surface area contributed by atoms with Gasteiger partial charge >= 0.3 is 0 Å². The fourth-order valence-electron chi connectivity index (χ4n) is 3.73. The van der Waals surface area contributed by atoms with Crippen molar-refractivity contribution in [3.05, 3.63) is 76.9 Å². The molecule has 0 bridgehead atoms. The van der Waals surface area contributed by atoms with Crippen LogP contribution in [-0.4, -0.2) is 32.0 Å². The lowest BCUT2D eigenvalue weighted by atomic mass is 10.0. The van der Waals surface area contributed by atoms with Crippen LogP contribution in [-0.2, 0) is 0 Å². The number of phenols is 1. The molecule has 0 aliphatic heterocycles. The van der Waals surface area contributed by atoms with Crippen LogP contribution in [0, 0.1) is 27.7 Å². The summed E-state index contributed by atoms with van der Waals surface area (Å²) in [4.78, 5) is 14.2. The summed E-state index contributed by atoms with van der Waals surface area (Å²) in [5.74, 6) is 1.75. The number of hydrogen-bond donors (Lipinski definition) is 2. The molecular weight excluding hydrogens is 402 g/mol. The molecule has 0 unspecified atom stereocenters. The Hall–Kier alpha value is -3.77. The maximum absolute atomic E-state index is 10.6. The van der Waals surface area contributed by atoms with Gasteiger partial charge in [-0.2, -0.15) is 0 Å². The van der Waals surface area contributed by atoms with Crippen molar-refractivity contribution in [1.29, 1.82) is 0 Å². The van der Waals surface area contributed by atoms with Gasteiger partial charge in [0.2, 0.25) is 0 Å². The van der Waals surface area contributed by atoms with E-state index >= 15 is 0 Å². The minimum Gasteiger partial charge on any atom is -0.507 e. The lowest BCUT2D eigenvalue weighted by molar-refractivity contribution is 0.0983. The van der Waals surface area contributed by atoms with Crippen LogP contribution in [0.25, 0.3) is 34.2 Å². The number of ether oxygens (including phenoxy) is 1. The summed E-state index contributed by atoms with van der Waals surface area (Å²) in [6.45, 7) is 7.68. The van der Waals surface area contributed by atoms with Crippen LogP contribution < -0.4 is 4.74 Å². The standard InChI is InChI=1S/C26H25N3O3/c1-15-5-8-20(17(3)11-15)24-27-25(21-9-6-16(2)12-18(21)4)29-26(28-24)22-10-7-19(32-14-30)13-23(22)31/h5-13,30-31H,14H2,1-4H3. The van der Waals surface area contributed by atoms with Gasteiger partial charge in [0.05, 0.1) is 5.56 Å². The zero-order valence-electron chi connectivity index (χ0n) is 18.5. The Bertz CT molecular complexity index is 1230. The van der Waals surface area contributed by atoms with E-state index < -0.39 is 6.79 Å². The number of benzene rings is 3. The monoisotopic (exact) mass is 427 g/mol. The quantitative estimate of drug-likeness (QED) is 0.429. The number of aromatic nitrogens is 3. The number of aliphatic hydroxyl groups excluding tert-OH is 1. The fraction of sp³-hybridized carbons (Fsp3) is 0.192. The van der Waals surface area contributed by atoms with Crippen LogP contribution in [0.3, 0.4) is 0 Å². The predicted octanol–water partition coefficient (Wildman–Crippen LogP) is 5.14. The first-order valence-electron chi connectivity index (χ1n) is 10.3. The molecule has 1 heterocycles. The van der Waals surface area contributed by atoms with Crippen LogP contribution >= 0.6 is 0 Å². The number of rotatable bonds is 5. The van der Waals surface area contributed by atoms with E-state index in [1.807, 2.05) is 52.0 Å². The molecule has 1 aromatic heterocycles. The van der Waals surface area contributed by atoms with Gasteiger partial charge in [0.15, 0.2) is 24.3 Å². The Morgan fingerprint density at radius 2 is 1.12 bits per heavy atom. The molecule has 0 fully saturated rings. The highest BCUT2D eigenvalue weighted by molar-refractivity contribution is 5.72. The molecule has 162 valence electrons. The van der Waals surface area contributed by atoms with Gasteiger partial charge in [-0.05, 0) is 51.0 Å². The molecule has 0 saturated carbocycles. The zero-order valence-corrected chi connectivity index (χ0v) is 18.5. The summed E-state index contributed by atoms with van der Waals surface area (Å²) in [7, 11) is 0. The molecule has 32 heavy (non-hydrogen) atoms. The highest BCUT2D eigenvalue weighted by atomic mass is 16.6. The Labute approximate surface area is 187 Å². The van der Waals surface area contributed by atoms with Crippen molar-refractivity contribution in [3.63, 3.8) is 0 Å². The minimum absolute atomic E-state index is 0.0414. The lowest BCUT2D eigenvalue weighted by Crippen LogP contribution is -2.02. The van der Waals surface area contributed by atoms with E-state index in [-0.39, 0.29) is 5.75 Å². The van der Waals surface area contributed by atoms with Crippen molar-refractivity contribution in [2.24, 2.45) is 0 Å². The van der Waals surface area contributed by atoms with Crippen LogP contribution in [0.4, 0.5) is 0 Å². The summed E-state index contributed by atoms with van der Waals surface area (Å²) in [6, 6.07) is 17.0. The predicted molar refractivity (Wildman–Crippen MR) is 124 cm³/mol. The third-order valence-corrected chi connectivity index (χ3v) is 5.32. The van der Waals surface area contributed by atoms with Crippen molar-refractivity contribution in [2.45, 2.75) is 27.7 Å². The van der Waals surface area contributed by atoms with E-state index in [1.54, 1.807) is 12.1 Å². The molecule has 0 saturated heterocycles. The first-order chi connectivity index (χ1) is 15.4. The molecule has 0 amide bonds. The summed E-state index contributed by atoms with van der Waals surface area (Å²) < 4.78 is 5.06. The van der Waals surface area contributed by atoms with Crippen molar-refractivity contribution in [3.8, 4) is 45.7 Å². The smallest absolute Gasteiger partial charge is 0.186 e. The maximum Gasteiger partial charge on any atom is 0.186 e. The van der Waals surface area contributed by atoms with Crippen LogP contribution in [0.1, 0.15) is 22.3 Å². The average molecular weight is 428 g/mol. The Morgan fingerprint density at radius 1 is 0.656 bits per heavy atom. The Balaban J connectivity index is 1.94. The van der Waals surface area contributed by atoms with Gasteiger partial charge in [-0.1, -0.05) is 47.5 Å². The zero-order chi connectivity index (χ0) is 22.8. The summed E-state index contributed by atoms with van der Waals surface area (Å²) in [6.07, 6.45) is 0. The van der Waals surface area contributed by atoms with Crippen molar-refractivity contribution in [2.75, 3.05) is 6.79 Å². The van der Waals surface area contributed by atoms with Crippen LogP contribution in [0.15, 0.2) is 54.6 Å². The fourth-order valence-corrected chi connectivity index (χ4v) is 3.73. The minimum atomic E-state index is -0.474. The van der Waals surface area contributed by atoms with Gasteiger partial charge in [-0.25, -0.2) is 15.0 Å². The molecule has 0 aliphatic rings. The van der Waals surface area contributed by atoms with Crippen molar-refractivity contribution < 1.29 is 14.9 Å². The SMILES string of the molecule is Cc1ccc(-c2nc(-c3ccc(C)cc3C)nc(-c3ccc(OCO)cc3O)n2)c(C)c1. The largest absolute Gasteiger partial charge is 0.507 e. The number of aliphatic hydroxyl groups is 1. The Kier molecular flexibility index (Phi) is 5.88. The van der Waals surface area contributed by atoms with Gasteiger partial charge in [0.1, 0.15) is 11.5 Å². The summed E-state index contributed by atoms with van der Waals surface area (Å²) >= 11 is 0. The number of aromatic hydroxyl groups is 1. The van der Waals surface area contributed by atoms with E-state index in [9.17, 15) is 5.11 Å². The van der Waals surface area contributed by atoms with Crippen LogP contribution in [0.5, 0.6) is 11.5 Å². The molecular formula is C26H25N3O3. The van der Waals surface area contributed by atoms with Gasteiger partial charge < -0.3 is 14.9 Å². The Morgan fingerprint density at radius 3 is 1.56 bits per heavy atom. The molecule has 0 aliphatic carbocycles. The number of hydrogen-bond acceptors (Lipinski definition) is 6. The van der Waals surface area contributed by atoms with Gasteiger partial charge in [0, 0.05) is 17.2 Å². The third-order valence-electron chi connectivity index (χ3n) is 5.32. The molecule has 0 spiro atoms. The van der Waals surface area contributed by atoms with Gasteiger partial charge in [-0.3, -0.25) is 0 Å².